The molecule has 0 spiro atoms. The number of benzene rings is 2. The van der Waals surface area contributed by atoms with Crippen LogP contribution in [-0.2, 0) is 26.6 Å². The number of anilines is 2. The van der Waals surface area contributed by atoms with Gasteiger partial charge in [0, 0.05) is 32.4 Å². The van der Waals surface area contributed by atoms with Gasteiger partial charge in [0.15, 0.2) is 11.2 Å². The van der Waals surface area contributed by atoms with Crippen LogP contribution in [0.5, 0.6) is 0 Å². The molecular weight excluding hydrogens is 421 g/mol. The molecule has 5 rings (SSSR count). The number of aromatic nitrogens is 4. The second-order valence-electron chi connectivity index (χ2n) is 8.77. The van der Waals surface area contributed by atoms with Gasteiger partial charge in [0.25, 0.3) is 5.56 Å². The normalized spacial score (nSPS) is 15.7. The van der Waals surface area contributed by atoms with Crippen molar-refractivity contribution >= 4 is 22.8 Å². The van der Waals surface area contributed by atoms with Gasteiger partial charge in [-0.25, -0.2) is 9.18 Å². The molecule has 2 aromatic heterocycles. The summed E-state index contributed by atoms with van der Waals surface area (Å²) in [5.74, 6) is 0.532. The summed E-state index contributed by atoms with van der Waals surface area (Å²) >= 11 is 0. The minimum absolute atomic E-state index is 0.239. The van der Waals surface area contributed by atoms with Gasteiger partial charge < -0.3 is 9.47 Å². The highest BCUT2D eigenvalue weighted by molar-refractivity contribution is 5.77. The van der Waals surface area contributed by atoms with Crippen LogP contribution >= 0.6 is 0 Å². The van der Waals surface area contributed by atoms with Gasteiger partial charge in [0.05, 0.1) is 0 Å². The molecule has 0 saturated heterocycles. The molecule has 2 aromatic carbocycles. The van der Waals surface area contributed by atoms with Crippen LogP contribution in [0.1, 0.15) is 18.9 Å². The average molecular weight is 448 g/mol. The van der Waals surface area contributed by atoms with Crippen molar-refractivity contribution in [2.75, 3.05) is 11.4 Å². The molecule has 3 heterocycles. The van der Waals surface area contributed by atoms with Crippen LogP contribution in [0.2, 0.25) is 0 Å². The summed E-state index contributed by atoms with van der Waals surface area (Å²) in [6.07, 6.45) is 1.47. The molecule has 0 saturated carbocycles. The lowest BCUT2D eigenvalue weighted by Crippen LogP contribution is -2.40. The Hall–Kier alpha value is -3.68. The van der Waals surface area contributed by atoms with Crippen molar-refractivity contribution in [3.63, 3.8) is 0 Å². The van der Waals surface area contributed by atoms with E-state index >= 15 is 0 Å². The standard InChI is InChI=1S/C25H26FN5O2/c1-17-15-30(20-12-10-19(26)11-13-20)24-27-22-21(31(24)16-17)23(32)29(25(33)28(22)2)14-6-9-18-7-4-3-5-8-18/h3-5,7-8,10-13,17H,6,9,14-16H2,1-2H3/t17-/m1/s1. The molecule has 0 fully saturated rings. The van der Waals surface area contributed by atoms with Crippen molar-refractivity contribution in [3.05, 3.63) is 86.8 Å². The Labute approximate surface area is 190 Å². The van der Waals surface area contributed by atoms with E-state index in [0.29, 0.717) is 43.2 Å². The van der Waals surface area contributed by atoms with Crippen LogP contribution in [0.25, 0.3) is 11.2 Å². The molecule has 0 N–H and O–H groups in total. The highest BCUT2D eigenvalue weighted by Crippen LogP contribution is 2.32. The maximum Gasteiger partial charge on any atom is 0.332 e. The summed E-state index contributed by atoms with van der Waals surface area (Å²) in [5.41, 5.74) is 2.11. The molecule has 0 unspecified atom stereocenters. The number of hydrogen-bond donors (Lipinski definition) is 0. The molecule has 1 aliphatic rings. The van der Waals surface area contributed by atoms with E-state index in [1.54, 1.807) is 19.2 Å². The first-order chi connectivity index (χ1) is 15.9. The molecule has 7 nitrogen and oxygen atoms in total. The van der Waals surface area contributed by atoms with Gasteiger partial charge in [0.1, 0.15) is 5.82 Å². The molecule has 0 radical (unpaired) electrons. The van der Waals surface area contributed by atoms with Crippen LogP contribution in [0.4, 0.5) is 16.0 Å². The number of hydrogen-bond acceptors (Lipinski definition) is 4. The molecule has 170 valence electrons. The van der Waals surface area contributed by atoms with Crippen LogP contribution < -0.4 is 16.1 Å². The number of aryl methyl sites for hydroxylation is 2. The highest BCUT2D eigenvalue weighted by Gasteiger charge is 2.29. The third-order valence-electron chi connectivity index (χ3n) is 6.27. The quantitative estimate of drug-likeness (QED) is 0.470. The Morgan fingerprint density at radius 1 is 1.03 bits per heavy atom. The lowest BCUT2D eigenvalue weighted by Gasteiger charge is -2.32. The van der Waals surface area contributed by atoms with Gasteiger partial charge >= 0.3 is 5.69 Å². The fraction of sp³-hybridized carbons (Fsp3) is 0.320. The summed E-state index contributed by atoms with van der Waals surface area (Å²) < 4.78 is 18.2. The number of rotatable bonds is 5. The second-order valence-corrected chi connectivity index (χ2v) is 8.77. The maximum atomic E-state index is 13.5. The van der Waals surface area contributed by atoms with E-state index in [9.17, 15) is 14.0 Å². The number of halogens is 1. The molecule has 0 bridgehead atoms. The first-order valence-corrected chi connectivity index (χ1v) is 11.2. The van der Waals surface area contributed by atoms with Gasteiger partial charge in [-0.3, -0.25) is 13.9 Å². The Balaban J connectivity index is 1.57. The minimum Gasteiger partial charge on any atom is -0.312 e. The van der Waals surface area contributed by atoms with Gasteiger partial charge in [-0.15, -0.1) is 0 Å². The molecular formula is C25H26FN5O2. The third kappa shape index (κ3) is 3.75. The largest absolute Gasteiger partial charge is 0.332 e. The Morgan fingerprint density at radius 2 is 1.76 bits per heavy atom. The smallest absolute Gasteiger partial charge is 0.312 e. The lowest BCUT2D eigenvalue weighted by molar-refractivity contribution is 0.457. The van der Waals surface area contributed by atoms with E-state index in [-0.39, 0.29) is 23.0 Å². The van der Waals surface area contributed by atoms with E-state index in [4.69, 9.17) is 4.98 Å². The first kappa shape index (κ1) is 21.2. The second kappa shape index (κ2) is 8.35. The topological polar surface area (TPSA) is 65.1 Å². The van der Waals surface area contributed by atoms with E-state index in [1.807, 2.05) is 39.8 Å². The zero-order chi connectivity index (χ0) is 23.1. The monoisotopic (exact) mass is 447 g/mol. The van der Waals surface area contributed by atoms with Crippen molar-refractivity contribution in [2.45, 2.75) is 32.9 Å². The fourth-order valence-electron chi connectivity index (χ4n) is 4.63. The summed E-state index contributed by atoms with van der Waals surface area (Å²) in [6, 6.07) is 16.3. The molecule has 4 aromatic rings. The summed E-state index contributed by atoms with van der Waals surface area (Å²) in [5, 5.41) is 0. The minimum atomic E-state index is -0.364. The van der Waals surface area contributed by atoms with E-state index in [1.165, 1.54) is 26.8 Å². The van der Waals surface area contributed by atoms with E-state index < -0.39 is 0 Å². The Morgan fingerprint density at radius 3 is 2.48 bits per heavy atom. The highest BCUT2D eigenvalue weighted by atomic mass is 19.1. The van der Waals surface area contributed by atoms with Crippen molar-refractivity contribution in [1.29, 1.82) is 0 Å². The van der Waals surface area contributed by atoms with Crippen LogP contribution in [0.3, 0.4) is 0 Å². The maximum absolute atomic E-state index is 13.5. The molecule has 33 heavy (non-hydrogen) atoms. The van der Waals surface area contributed by atoms with Crippen molar-refractivity contribution in [1.82, 2.24) is 18.7 Å². The van der Waals surface area contributed by atoms with Gasteiger partial charge in [-0.05, 0) is 48.6 Å². The van der Waals surface area contributed by atoms with E-state index in [2.05, 4.69) is 6.92 Å². The number of imidazole rings is 1. The molecule has 0 aliphatic carbocycles. The van der Waals surface area contributed by atoms with Gasteiger partial charge in [-0.1, -0.05) is 37.3 Å². The van der Waals surface area contributed by atoms with Gasteiger partial charge in [0.2, 0.25) is 5.95 Å². The summed E-state index contributed by atoms with van der Waals surface area (Å²) in [6.45, 7) is 3.76. The molecule has 1 atom stereocenters. The SMILES string of the molecule is C[C@@H]1CN(c2ccc(F)cc2)c2nc3c(c(=O)n(CCCc4ccccc4)c(=O)n3C)n2C1. The molecule has 0 amide bonds. The Kier molecular flexibility index (Phi) is 5.36. The first-order valence-electron chi connectivity index (χ1n) is 11.2. The number of nitrogens with zero attached hydrogens (tertiary/aromatic N) is 5. The van der Waals surface area contributed by atoms with Crippen LogP contribution in [0, 0.1) is 11.7 Å². The number of fused-ring (bicyclic) bond motifs is 3. The van der Waals surface area contributed by atoms with Crippen molar-refractivity contribution in [3.8, 4) is 0 Å². The van der Waals surface area contributed by atoms with Crippen LogP contribution in [-0.4, -0.2) is 25.2 Å². The summed E-state index contributed by atoms with van der Waals surface area (Å²) in [7, 11) is 1.66. The van der Waals surface area contributed by atoms with Crippen molar-refractivity contribution in [2.24, 2.45) is 13.0 Å². The van der Waals surface area contributed by atoms with Gasteiger partial charge in [-0.2, -0.15) is 4.98 Å². The zero-order valence-electron chi connectivity index (χ0n) is 18.7. The third-order valence-corrected chi connectivity index (χ3v) is 6.27. The van der Waals surface area contributed by atoms with Crippen molar-refractivity contribution < 1.29 is 4.39 Å². The zero-order valence-corrected chi connectivity index (χ0v) is 18.7. The Bertz CT molecular complexity index is 1420. The van der Waals surface area contributed by atoms with Crippen LogP contribution in [0.15, 0.2) is 64.2 Å². The molecule has 8 heteroatoms. The predicted molar refractivity (Wildman–Crippen MR) is 127 cm³/mol. The fourth-order valence-corrected chi connectivity index (χ4v) is 4.63. The lowest BCUT2D eigenvalue weighted by atomic mass is 10.1. The predicted octanol–water partition coefficient (Wildman–Crippen LogP) is 3.46. The van der Waals surface area contributed by atoms with E-state index in [0.717, 1.165) is 12.1 Å². The average Bonchev–Trinajstić information content (AvgIpc) is 3.20. The summed E-state index contributed by atoms with van der Waals surface area (Å²) in [4.78, 5) is 33.2. The molecule has 1 aliphatic heterocycles.